The molecule has 0 saturated heterocycles. The van der Waals surface area contributed by atoms with E-state index in [1.807, 2.05) is 0 Å². The lowest BCUT2D eigenvalue weighted by Crippen LogP contribution is -2.43. The minimum absolute atomic E-state index is 0.293. The molecule has 0 spiro atoms. The van der Waals surface area contributed by atoms with Crippen molar-refractivity contribution in [3.8, 4) is 11.5 Å². The number of nitrogens with one attached hydrogen (secondary N) is 2. The zero-order valence-electron chi connectivity index (χ0n) is 15.5. The van der Waals surface area contributed by atoms with E-state index in [0.717, 1.165) is 19.3 Å². The van der Waals surface area contributed by atoms with Gasteiger partial charge in [-0.15, -0.1) is 0 Å². The molecule has 0 saturated carbocycles. The highest BCUT2D eigenvalue weighted by Gasteiger charge is 2.09. The van der Waals surface area contributed by atoms with Gasteiger partial charge in [-0.25, -0.2) is 0 Å². The summed E-state index contributed by atoms with van der Waals surface area (Å²) in [6, 6.07) is 11.3. The van der Waals surface area contributed by atoms with Crippen LogP contribution in [0.4, 0.5) is 0 Å². The van der Waals surface area contributed by atoms with Gasteiger partial charge >= 0.3 is 0 Å². The lowest BCUT2D eigenvalue weighted by Gasteiger charge is -2.10. The topological polar surface area (TPSA) is 76.7 Å². The second-order valence-electron chi connectivity index (χ2n) is 5.95. The fourth-order valence-corrected chi connectivity index (χ4v) is 2.68. The molecule has 2 N–H and O–H groups in total. The highest BCUT2D eigenvalue weighted by atomic mass is 35.5. The number of hydrogen-bond donors (Lipinski definition) is 2. The van der Waals surface area contributed by atoms with Crippen molar-refractivity contribution in [1.29, 1.82) is 0 Å². The van der Waals surface area contributed by atoms with Gasteiger partial charge in [-0.2, -0.15) is 0 Å². The number of benzene rings is 2. The molecule has 6 nitrogen and oxygen atoms in total. The second-order valence-corrected chi connectivity index (χ2v) is 6.79. The van der Waals surface area contributed by atoms with E-state index in [9.17, 15) is 9.59 Å². The van der Waals surface area contributed by atoms with Gasteiger partial charge < -0.3 is 9.47 Å². The first-order chi connectivity index (χ1) is 13.5. The molecule has 0 atom stereocenters. The van der Waals surface area contributed by atoms with Crippen LogP contribution in [0.25, 0.3) is 0 Å². The first-order valence-corrected chi connectivity index (χ1v) is 9.65. The van der Waals surface area contributed by atoms with Gasteiger partial charge in [0.25, 0.3) is 11.8 Å². The van der Waals surface area contributed by atoms with Crippen molar-refractivity contribution in [3.63, 3.8) is 0 Å². The number of carbonyl (C=O) groups is 2. The molecule has 0 bridgehead atoms. The Bertz CT molecular complexity index is 797. The maximum atomic E-state index is 12.1. The number of hydrogen-bond acceptors (Lipinski definition) is 4. The van der Waals surface area contributed by atoms with Crippen LogP contribution >= 0.6 is 23.2 Å². The normalized spacial score (nSPS) is 10.2. The number of carbonyl (C=O) groups excluding carboxylic acids is 2. The van der Waals surface area contributed by atoms with Crippen LogP contribution in [0, 0.1) is 0 Å². The Morgan fingerprint density at radius 2 is 1.71 bits per heavy atom. The van der Waals surface area contributed by atoms with Crippen molar-refractivity contribution < 1.29 is 19.1 Å². The van der Waals surface area contributed by atoms with Gasteiger partial charge in [0.2, 0.25) is 0 Å². The van der Waals surface area contributed by atoms with Gasteiger partial charge in [0, 0.05) is 10.6 Å². The molecule has 150 valence electrons. The molecular weight excluding hydrogens is 403 g/mol. The van der Waals surface area contributed by atoms with Gasteiger partial charge in [-0.05, 0) is 48.9 Å². The molecule has 0 unspecified atom stereocenters. The van der Waals surface area contributed by atoms with Crippen LogP contribution in [-0.2, 0) is 4.79 Å². The molecule has 8 heteroatoms. The summed E-state index contributed by atoms with van der Waals surface area (Å²) in [6.07, 6.45) is 3.24. The molecule has 2 rings (SSSR count). The van der Waals surface area contributed by atoms with E-state index in [1.165, 1.54) is 6.07 Å². The smallest absolute Gasteiger partial charge is 0.276 e. The fourth-order valence-electron chi connectivity index (χ4n) is 2.21. The number of rotatable bonds is 9. The van der Waals surface area contributed by atoms with E-state index in [0.29, 0.717) is 33.7 Å². The van der Waals surface area contributed by atoms with Gasteiger partial charge in [-0.1, -0.05) is 43.0 Å². The van der Waals surface area contributed by atoms with E-state index in [4.69, 9.17) is 32.7 Å². The summed E-state index contributed by atoms with van der Waals surface area (Å²) in [5.41, 5.74) is 5.00. The van der Waals surface area contributed by atoms with Crippen molar-refractivity contribution >= 4 is 35.0 Å². The summed E-state index contributed by atoms with van der Waals surface area (Å²) < 4.78 is 10.9. The van der Waals surface area contributed by atoms with E-state index < -0.39 is 11.8 Å². The average Bonchev–Trinajstić information content (AvgIpc) is 2.69. The Balaban J connectivity index is 1.74. The number of halogens is 2. The SMILES string of the molecule is CCCCCOc1ccc(C(=O)NNC(=O)COc2ccc(Cl)cc2Cl)cc1. The first kappa shape index (κ1) is 21.9. The van der Waals surface area contributed by atoms with Crippen molar-refractivity contribution in [3.05, 3.63) is 58.1 Å². The molecule has 0 aromatic heterocycles. The Hall–Kier alpha value is -2.44. The third-order valence-electron chi connectivity index (χ3n) is 3.70. The van der Waals surface area contributed by atoms with Gasteiger partial charge in [-0.3, -0.25) is 20.4 Å². The number of unbranched alkanes of at least 4 members (excludes halogenated alkanes) is 2. The summed E-state index contributed by atoms with van der Waals surface area (Å²) in [5, 5.41) is 0.757. The third-order valence-corrected chi connectivity index (χ3v) is 4.23. The molecule has 2 aromatic rings. The molecule has 2 aromatic carbocycles. The average molecular weight is 425 g/mol. The Morgan fingerprint density at radius 1 is 0.964 bits per heavy atom. The van der Waals surface area contributed by atoms with Crippen LogP contribution in [-0.4, -0.2) is 25.0 Å². The minimum atomic E-state index is -0.532. The summed E-state index contributed by atoms with van der Waals surface area (Å²) in [6.45, 7) is 2.46. The molecule has 2 amide bonds. The zero-order chi connectivity index (χ0) is 20.4. The van der Waals surface area contributed by atoms with Gasteiger partial charge in [0.15, 0.2) is 6.61 Å². The molecule has 28 heavy (non-hydrogen) atoms. The van der Waals surface area contributed by atoms with E-state index >= 15 is 0 Å². The Labute approximate surface area is 174 Å². The molecule has 0 aliphatic rings. The van der Waals surface area contributed by atoms with Gasteiger partial charge in [0.05, 0.1) is 11.6 Å². The summed E-state index contributed by atoms with van der Waals surface area (Å²) in [5.74, 6) is 0.0395. The third kappa shape index (κ3) is 7.29. The van der Waals surface area contributed by atoms with Crippen LogP contribution in [0.5, 0.6) is 11.5 Å². The van der Waals surface area contributed by atoms with Crippen LogP contribution in [0.1, 0.15) is 36.5 Å². The molecule has 0 heterocycles. The monoisotopic (exact) mass is 424 g/mol. The Kier molecular flexibility index (Phi) is 8.91. The number of ether oxygens (including phenoxy) is 2. The molecule has 0 aliphatic heterocycles. The molecular formula is C20H22Cl2N2O4. The van der Waals surface area contributed by atoms with Crippen molar-refractivity contribution in [2.45, 2.75) is 26.2 Å². The largest absolute Gasteiger partial charge is 0.494 e. The predicted octanol–water partition coefficient (Wildman–Crippen LogP) is 4.40. The first-order valence-electron chi connectivity index (χ1n) is 8.89. The summed E-state index contributed by atoms with van der Waals surface area (Å²) in [7, 11) is 0. The van der Waals surface area contributed by atoms with Crippen molar-refractivity contribution in [2.75, 3.05) is 13.2 Å². The van der Waals surface area contributed by atoms with Crippen molar-refractivity contribution in [1.82, 2.24) is 10.9 Å². The molecule has 0 fully saturated rings. The second kappa shape index (κ2) is 11.4. The fraction of sp³-hybridized carbons (Fsp3) is 0.300. The highest BCUT2D eigenvalue weighted by molar-refractivity contribution is 6.35. The zero-order valence-corrected chi connectivity index (χ0v) is 17.0. The van der Waals surface area contributed by atoms with E-state index in [2.05, 4.69) is 17.8 Å². The van der Waals surface area contributed by atoms with Crippen LogP contribution in [0.3, 0.4) is 0 Å². The standard InChI is InChI=1S/C20H22Cl2N2O4/c1-2-3-4-11-27-16-8-5-14(6-9-16)20(26)24-23-19(25)13-28-18-10-7-15(21)12-17(18)22/h5-10,12H,2-4,11,13H2,1H3,(H,23,25)(H,24,26). The lowest BCUT2D eigenvalue weighted by molar-refractivity contribution is -0.123. The van der Waals surface area contributed by atoms with Crippen LogP contribution in [0.2, 0.25) is 10.0 Å². The quantitative estimate of drug-likeness (QED) is 0.461. The van der Waals surface area contributed by atoms with Gasteiger partial charge in [0.1, 0.15) is 11.5 Å². The summed E-state index contributed by atoms with van der Waals surface area (Å²) >= 11 is 11.8. The maximum Gasteiger partial charge on any atom is 0.276 e. The highest BCUT2D eigenvalue weighted by Crippen LogP contribution is 2.27. The molecule has 0 radical (unpaired) electrons. The van der Waals surface area contributed by atoms with Crippen LogP contribution < -0.4 is 20.3 Å². The summed E-state index contributed by atoms with van der Waals surface area (Å²) in [4.78, 5) is 23.9. The van der Waals surface area contributed by atoms with Crippen LogP contribution in [0.15, 0.2) is 42.5 Å². The molecule has 0 aliphatic carbocycles. The predicted molar refractivity (Wildman–Crippen MR) is 109 cm³/mol. The van der Waals surface area contributed by atoms with E-state index in [-0.39, 0.29) is 6.61 Å². The lowest BCUT2D eigenvalue weighted by atomic mass is 10.2. The number of amides is 2. The van der Waals surface area contributed by atoms with Crippen molar-refractivity contribution in [2.24, 2.45) is 0 Å². The maximum absolute atomic E-state index is 12.1. The minimum Gasteiger partial charge on any atom is -0.494 e. The van der Waals surface area contributed by atoms with E-state index in [1.54, 1.807) is 36.4 Å². The Morgan fingerprint density at radius 3 is 2.39 bits per heavy atom. The number of hydrazine groups is 1.